The molecule has 164 valence electrons. The molecule has 0 fully saturated rings. The molecule has 1 heterocycles. The topological polar surface area (TPSA) is 64.4 Å². The summed E-state index contributed by atoms with van der Waals surface area (Å²) in [7, 11) is 0. The van der Waals surface area contributed by atoms with Crippen molar-refractivity contribution in [3.8, 4) is 0 Å². The minimum atomic E-state index is -0.492. The Labute approximate surface area is 201 Å². The summed E-state index contributed by atoms with van der Waals surface area (Å²) in [6.07, 6.45) is 1.94. The van der Waals surface area contributed by atoms with E-state index in [-0.39, 0.29) is 17.4 Å². The van der Waals surface area contributed by atoms with Crippen molar-refractivity contribution in [3.05, 3.63) is 117 Å². The molecule has 5 heteroatoms. The van der Waals surface area contributed by atoms with Gasteiger partial charge in [-0.2, -0.15) is 0 Å². The van der Waals surface area contributed by atoms with E-state index >= 15 is 0 Å². The standard InChI is InChI=1S/C28H23BrN2O2/c29-20-14-16-21(17-15-20)31-22-12-7-13-23(32)25(22)24(18-8-3-1-4-9-18)26(28(31)30)27(33)19-10-5-2-6-11-19/h1-6,8-11,14-17,24,30,33H,7,12-13H2/t24-/m0/s1. The van der Waals surface area contributed by atoms with E-state index in [4.69, 9.17) is 0 Å². The van der Waals surface area contributed by atoms with Crippen LogP contribution < -0.4 is 4.90 Å². The number of hydrogen-bond donors (Lipinski definition) is 2. The van der Waals surface area contributed by atoms with Crippen molar-refractivity contribution in [1.29, 1.82) is 5.41 Å². The zero-order valence-corrected chi connectivity index (χ0v) is 19.5. The van der Waals surface area contributed by atoms with Crippen LogP contribution in [0.15, 0.2) is 106 Å². The minimum Gasteiger partial charge on any atom is -0.507 e. The number of nitrogens with zero attached hydrogens (tertiary/aromatic N) is 1. The Hall–Kier alpha value is -3.44. The lowest BCUT2D eigenvalue weighted by atomic mass is 9.73. The molecule has 5 rings (SSSR count). The second-order valence-electron chi connectivity index (χ2n) is 8.27. The number of aliphatic hydroxyl groups excluding tert-OH is 1. The van der Waals surface area contributed by atoms with Crippen molar-refractivity contribution in [2.24, 2.45) is 0 Å². The molecular formula is C28H23BrN2O2. The van der Waals surface area contributed by atoms with Gasteiger partial charge in [0, 0.05) is 44.9 Å². The Bertz CT molecular complexity index is 1280. The summed E-state index contributed by atoms with van der Waals surface area (Å²) in [4.78, 5) is 15.2. The Morgan fingerprint density at radius 3 is 2.21 bits per heavy atom. The third kappa shape index (κ3) is 3.83. The molecular weight excluding hydrogens is 476 g/mol. The smallest absolute Gasteiger partial charge is 0.161 e. The van der Waals surface area contributed by atoms with E-state index in [0.29, 0.717) is 29.6 Å². The molecule has 33 heavy (non-hydrogen) atoms. The molecule has 1 atom stereocenters. The molecule has 3 aromatic rings. The van der Waals surface area contributed by atoms with Gasteiger partial charge in [0.25, 0.3) is 0 Å². The number of carbonyl (C=O) groups excluding carboxylic acids is 1. The van der Waals surface area contributed by atoms with Gasteiger partial charge in [-0.3, -0.25) is 15.1 Å². The fraction of sp³-hybridized carbons (Fsp3) is 0.143. The molecule has 1 aliphatic carbocycles. The summed E-state index contributed by atoms with van der Waals surface area (Å²) in [5.74, 6) is -0.186. The van der Waals surface area contributed by atoms with Gasteiger partial charge in [-0.1, -0.05) is 76.6 Å². The van der Waals surface area contributed by atoms with Gasteiger partial charge in [-0.25, -0.2) is 0 Å². The first-order chi connectivity index (χ1) is 16.1. The van der Waals surface area contributed by atoms with Crippen molar-refractivity contribution in [2.45, 2.75) is 25.2 Å². The maximum atomic E-state index is 13.4. The van der Waals surface area contributed by atoms with Gasteiger partial charge in [0.2, 0.25) is 0 Å². The van der Waals surface area contributed by atoms with Crippen LogP contribution in [0.3, 0.4) is 0 Å². The maximum Gasteiger partial charge on any atom is 0.161 e. The molecule has 0 bridgehead atoms. The van der Waals surface area contributed by atoms with E-state index in [1.54, 1.807) is 0 Å². The van der Waals surface area contributed by atoms with Crippen molar-refractivity contribution >= 4 is 39.0 Å². The van der Waals surface area contributed by atoms with E-state index in [1.165, 1.54) is 0 Å². The highest BCUT2D eigenvalue weighted by atomic mass is 79.9. The number of carbonyl (C=O) groups is 1. The van der Waals surface area contributed by atoms with Crippen LogP contribution in [-0.4, -0.2) is 16.7 Å². The third-order valence-electron chi connectivity index (χ3n) is 6.27. The molecule has 1 aliphatic heterocycles. The Morgan fingerprint density at radius 1 is 0.909 bits per heavy atom. The van der Waals surface area contributed by atoms with Crippen LogP contribution in [0.5, 0.6) is 0 Å². The average Bonchev–Trinajstić information content (AvgIpc) is 2.85. The van der Waals surface area contributed by atoms with Crippen LogP contribution in [0, 0.1) is 5.41 Å². The lowest BCUT2D eigenvalue weighted by Gasteiger charge is -2.41. The van der Waals surface area contributed by atoms with Gasteiger partial charge in [0.05, 0.1) is 0 Å². The molecule has 0 saturated carbocycles. The lowest BCUT2D eigenvalue weighted by molar-refractivity contribution is -0.116. The SMILES string of the molecule is N=C1C(=C(O)c2ccccc2)[C@@H](c2ccccc2)C2=C(CCCC2=O)N1c1ccc(Br)cc1. The summed E-state index contributed by atoms with van der Waals surface area (Å²) in [6.45, 7) is 0. The molecule has 3 aromatic carbocycles. The van der Waals surface area contributed by atoms with E-state index in [1.807, 2.05) is 89.8 Å². The number of aliphatic hydroxyl groups is 1. The second-order valence-corrected chi connectivity index (χ2v) is 9.19. The second kappa shape index (κ2) is 8.83. The monoisotopic (exact) mass is 498 g/mol. The fourth-order valence-electron chi connectivity index (χ4n) is 4.80. The highest BCUT2D eigenvalue weighted by Crippen LogP contribution is 2.47. The average molecular weight is 499 g/mol. The number of benzene rings is 3. The van der Waals surface area contributed by atoms with Gasteiger partial charge >= 0.3 is 0 Å². The summed E-state index contributed by atoms with van der Waals surface area (Å²) >= 11 is 3.48. The number of nitrogens with one attached hydrogen (secondary N) is 1. The first-order valence-corrected chi connectivity index (χ1v) is 11.8. The first kappa shape index (κ1) is 21.4. The van der Waals surface area contributed by atoms with E-state index in [2.05, 4.69) is 15.9 Å². The largest absolute Gasteiger partial charge is 0.507 e. The number of rotatable bonds is 3. The molecule has 4 nitrogen and oxygen atoms in total. The lowest BCUT2D eigenvalue weighted by Crippen LogP contribution is -2.42. The number of amidine groups is 1. The van der Waals surface area contributed by atoms with Gasteiger partial charge in [-0.05, 0) is 42.7 Å². The van der Waals surface area contributed by atoms with Crippen LogP contribution in [0.4, 0.5) is 5.69 Å². The summed E-state index contributed by atoms with van der Waals surface area (Å²) < 4.78 is 0.939. The Kier molecular flexibility index (Phi) is 5.73. The number of ketones is 1. The third-order valence-corrected chi connectivity index (χ3v) is 6.80. The normalized spacial score (nSPS) is 20.0. The molecule has 0 radical (unpaired) electrons. The molecule has 2 aliphatic rings. The van der Waals surface area contributed by atoms with Crippen LogP contribution in [0.1, 0.15) is 36.3 Å². The van der Waals surface area contributed by atoms with Crippen molar-refractivity contribution in [3.63, 3.8) is 0 Å². The number of anilines is 1. The first-order valence-electron chi connectivity index (χ1n) is 11.0. The van der Waals surface area contributed by atoms with Crippen molar-refractivity contribution < 1.29 is 9.90 Å². The molecule has 0 aromatic heterocycles. The number of Topliss-reactive ketones (excluding diaryl/α,β-unsaturated/α-hetero) is 1. The van der Waals surface area contributed by atoms with Crippen molar-refractivity contribution in [1.82, 2.24) is 0 Å². The Morgan fingerprint density at radius 2 is 1.55 bits per heavy atom. The fourth-order valence-corrected chi connectivity index (χ4v) is 5.06. The highest BCUT2D eigenvalue weighted by Gasteiger charge is 2.43. The van der Waals surface area contributed by atoms with Gasteiger partial charge < -0.3 is 5.11 Å². The van der Waals surface area contributed by atoms with E-state index in [9.17, 15) is 15.3 Å². The predicted octanol–water partition coefficient (Wildman–Crippen LogP) is 7.01. The van der Waals surface area contributed by atoms with E-state index < -0.39 is 5.92 Å². The number of allylic oxidation sites excluding steroid dienone is 2. The van der Waals surface area contributed by atoms with Gasteiger partial charge in [0.1, 0.15) is 11.6 Å². The summed E-state index contributed by atoms with van der Waals surface area (Å²) in [6, 6.07) is 26.7. The molecule has 0 spiro atoms. The molecule has 0 unspecified atom stereocenters. The zero-order valence-electron chi connectivity index (χ0n) is 18.0. The van der Waals surface area contributed by atoms with Crippen LogP contribution in [0.2, 0.25) is 0 Å². The number of halogens is 1. The predicted molar refractivity (Wildman–Crippen MR) is 135 cm³/mol. The molecule has 0 saturated heterocycles. The zero-order chi connectivity index (χ0) is 22.9. The Balaban J connectivity index is 1.82. The summed E-state index contributed by atoms with van der Waals surface area (Å²) in [5.41, 5.74) is 4.32. The molecule has 2 N–H and O–H groups in total. The van der Waals surface area contributed by atoms with Crippen LogP contribution in [-0.2, 0) is 4.79 Å². The minimum absolute atomic E-state index is 0.0292. The maximum absolute atomic E-state index is 13.4. The van der Waals surface area contributed by atoms with Crippen LogP contribution >= 0.6 is 15.9 Å². The van der Waals surface area contributed by atoms with Gasteiger partial charge in [-0.15, -0.1) is 0 Å². The van der Waals surface area contributed by atoms with Crippen LogP contribution in [0.25, 0.3) is 5.76 Å². The summed E-state index contributed by atoms with van der Waals surface area (Å²) in [5, 5.41) is 20.8. The number of hydrogen-bond acceptors (Lipinski definition) is 3. The quantitative estimate of drug-likeness (QED) is 0.381. The molecule has 0 amide bonds. The highest BCUT2D eigenvalue weighted by molar-refractivity contribution is 9.10. The van der Waals surface area contributed by atoms with Crippen molar-refractivity contribution in [2.75, 3.05) is 4.90 Å². The van der Waals surface area contributed by atoms with Gasteiger partial charge in [0.15, 0.2) is 5.78 Å². The van der Waals surface area contributed by atoms with E-state index in [0.717, 1.165) is 27.8 Å².